The standard InChI is InChI=1S/C19H23NO4/c1-24-18(23)11-10-15(19-16(21)8-5-9-17(19)22)20-13-12-14-6-3-2-4-7-14/h2-4,6-7,21H,5,8-13H2,1H3. The molecule has 0 heterocycles. The van der Waals surface area contributed by atoms with E-state index in [1.54, 1.807) is 0 Å². The average molecular weight is 329 g/mol. The Bertz CT molecular complexity index is 647. The molecule has 0 atom stereocenters. The molecule has 5 nitrogen and oxygen atoms in total. The Balaban J connectivity index is 2.14. The van der Waals surface area contributed by atoms with Crippen molar-refractivity contribution in [2.24, 2.45) is 4.99 Å². The zero-order valence-corrected chi connectivity index (χ0v) is 14.0. The Morgan fingerprint density at radius 3 is 2.62 bits per heavy atom. The van der Waals surface area contributed by atoms with Crippen molar-refractivity contribution in [1.29, 1.82) is 0 Å². The van der Waals surface area contributed by atoms with Crippen LogP contribution in [0.25, 0.3) is 0 Å². The summed E-state index contributed by atoms with van der Waals surface area (Å²) in [5.41, 5.74) is 1.97. The van der Waals surface area contributed by atoms with Gasteiger partial charge in [-0.15, -0.1) is 0 Å². The van der Waals surface area contributed by atoms with Crippen molar-refractivity contribution in [3.05, 3.63) is 47.2 Å². The lowest BCUT2D eigenvalue weighted by atomic mass is 9.91. The molecule has 0 spiro atoms. The third kappa shape index (κ3) is 5.05. The second kappa shape index (κ2) is 9.01. The summed E-state index contributed by atoms with van der Waals surface area (Å²) in [6.45, 7) is 0.505. The number of nitrogens with zero attached hydrogens (tertiary/aromatic N) is 1. The lowest BCUT2D eigenvalue weighted by Crippen LogP contribution is -2.21. The summed E-state index contributed by atoms with van der Waals surface area (Å²) in [6, 6.07) is 9.93. The summed E-state index contributed by atoms with van der Waals surface area (Å²) in [4.78, 5) is 28.1. The fraction of sp³-hybridized carbons (Fsp3) is 0.421. The average Bonchev–Trinajstić information content (AvgIpc) is 2.59. The maximum absolute atomic E-state index is 12.2. The van der Waals surface area contributed by atoms with Gasteiger partial charge in [-0.25, -0.2) is 0 Å². The summed E-state index contributed by atoms with van der Waals surface area (Å²) in [7, 11) is 1.33. The number of ketones is 1. The van der Waals surface area contributed by atoms with Crippen molar-refractivity contribution in [1.82, 2.24) is 0 Å². The number of ether oxygens (including phenoxy) is 1. The van der Waals surface area contributed by atoms with E-state index in [1.807, 2.05) is 30.3 Å². The Kier molecular flexibility index (Phi) is 6.73. The summed E-state index contributed by atoms with van der Waals surface area (Å²) in [5.74, 6) is -0.356. The van der Waals surface area contributed by atoms with Crippen molar-refractivity contribution in [3.63, 3.8) is 0 Å². The van der Waals surface area contributed by atoms with Gasteiger partial charge in [0.1, 0.15) is 5.76 Å². The van der Waals surface area contributed by atoms with Crippen LogP contribution in [-0.4, -0.2) is 36.2 Å². The van der Waals surface area contributed by atoms with Crippen LogP contribution in [0.3, 0.4) is 0 Å². The van der Waals surface area contributed by atoms with E-state index in [-0.39, 0.29) is 23.9 Å². The molecule has 0 saturated heterocycles. The number of methoxy groups -OCH3 is 1. The maximum Gasteiger partial charge on any atom is 0.305 e. The van der Waals surface area contributed by atoms with Crippen molar-refractivity contribution in [2.75, 3.05) is 13.7 Å². The number of hydrogen-bond acceptors (Lipinski definition) is 5. The molecule has 0 fully saturated rings. The van der Waals surface area contributed by atoms with Gasteiger partial charge >= 0.3 is 5.97 Å². The fourth-order valence-electron chi connectivity index (χ4n) is 2.73. The van der Waals surface area contributed by atoms with Gasteiger partial charge in [0.05, 0.1) is 19.1 Å². The first-order valence-electron chi connectivity index (χ1n) is 8.21. The minimum atomic E-state index is -0.353. The molecule has 5 heteroatoms. The molecule has 0 unspecified atom stereocenters. The first-order chi connectivity index (χ1) is 11.6. The van der Waals surface area contributed by atoms with Crippen LogP contribution in [0.15, 0.2) is 46.7 Å². The number of aliphatic hydroxyl groups is 1. The van der Waals surface area contributed by atoms with E-state index in [0.717, 1.165) is 12.0 Å². The molecule has 0 amide bonds. The Hall–Kier alpha value is -2.43. The van der Waals surface area contributed by atoms with Crippen LogP contribution in [0, 0.1) is 0 Å². The molecule has 24 heavy (non-hydrogen) atoms. The SMILES string of the molecule is COC(=O)CCC(=NCCc1ccccc1)C1=C(O)CCCC1=O. The van der Waals surface area contributed by atoms with E-state index in [0.29, 0.717) is 43.5 Å². The molecule has 0 saturated carbocycles. The van der Waals surface area contributed by atoms with Crippen LogP contribution >= 0.6 is 0 Å². The number of Topliss-reactive ketones (excluding diaryl/α,β-unsaturated/α-hetero) is 1. The number of aliphatic hydroxyl groups excluding tert-OH is 1. The number of benzene rings is 1. The number of carbonyl (C=O) groups excluding carboxylic acids is 2. The first kappa shape index (κ1) is 17.9. The summed E-state index contributed by atoms with van der Waals surface area (Å²) in [5, 5.41) is 10.1. The van der Waals surface area contributed by atoms with Gasteiger partial charge in [0.2, 0.25) is 0 Å². The minimum Gasteiger partial charge on any atom is -0.511 e. The Morgan fingerprint density at radius 2 is 1.96 bits per heavy atom. The van der Waals surface area contributed by atoms with Crippen LogP contribution in [0.2, 0.25) is 0 Å². The van der Waals surface area contributed by atoms with Crippen LogP contribution in [0.5, 0.6) is 0 Å². The molecule has 0 radical (unpaired) electrons. The molecule has 1 aromatic carbocycles. The van der Waals surface area contributed by atoms with Crippen molar-refractivity contribution in [3.8, 4) is 0 Å². The van der Waals surface area contributed by atoms with Gasteiger partial charge in [0, 0.05) is 31.5 Å². The molecule has 128 valence electrons. The number of hydrogen-bond donors (Lipinski definition) is 1. The normalized spacial score (nSPS) is 15.5. The van der Waals surface area contributed by atoms with E-state index in [4.69, 9.17) is 0 Å². The van der Waals surface area contributed by atoms with Crippen molar-refractivity contribution < 1.29 is 19.4 Å². The van der Waals surface area contributed by atoms with Gasteiger partial charge in [0.15, 0.2) is 5.78 Å². The monoisotopic (exact) mass is 329 g/mol. The summed E-state index contributed by atoms with van der Waals surface area (Å²) >= 11 is 0. The van der Waals surface area contributed by atoms with E-state index < -0.39 is 0 Å². The second-order valence-corrected chi connectivity index (χ2v) is 5.74. The lowest BCUT2D eigenvalue weighted by Gasteiger charge is -2.17. The fourth-order valence-corrected chi connectivity index (χ4v) is 2.73. The predicted molar refractivity (Wildman–Crippen MR) is 92.2 cm³/mol. The van der Waals surface area contributed by atoms with Gasteiger partial charge in [-0.05, 0) is 18.4 Å². The molecule has 0 aliphatic heterocycles. The van der Waals surface area contributed by atoms with Crippen LogP contribution in [0.4, 0.5) is 0 Å². The lowest BCUT2D eigenvalue weighted by molar-refractivity contribution is -0.140. The topological polar surface area (TPSA) is 76.0 Å². The van der Waals surface area contributed by atoms with E-state index in [1.165, 1.54) is 7.11 Å². The number of allylic oxidation sites excluding steroid dienone is 2. The number of carbonyl (C=O) groups is 2. The van der Waals surface area contributed by atoms with Crippen molar-refractivity contribution in [2.45, 2.75) is 38.5 Å². The van der Waals surface area contributed by atoms with Gasteiger partial charge in [0.25, 0.3) is 0 Å². The summed E-state index contributed by atoms with van der Waals surface area (Å²) in [6.07, 6.45) is 2.73. The van der Waals surface area contributed by atoms with Gasteiger partial charge in [-0.3, -0.25) is 14.6 Å². The van der Waals surface area contributed by atoms with Crippen molar-refractivity contribution >= 4 is 17.5 Å². The molecule has 1 aliphatic carbocycles. The highest BCUT2D eigenvalue weighted by molar-refractivity contribution is 6.23. The highest BCUT2D eigenvalue weighted by Crippen LogP contribution is 2.23. The third-order valence-corrected chi connectivity index (χ3v) is 4.01. The highest BCUT2D eigenvalue weighted by Gasteiger charge is 2.25. The molecular formula is C19H23NO4. The summed E-state index contributed by atoms with van der Waals surface area (Å²) < 4.78 is 4.66. The van der Waals surface area contributed by atoms with Crippen LogP contribution in [0.1, 0.15) is 37.7 Å². The zero-order chi connectivity index (χ0) is 17.4. The molecule has 0 bridgehead atoms. The van der Waals surface area contributed by atoms with Gasteiger partial charge < -0.3 is 9.84 Å². The molecule has 2 rings (SSSR count). The van der Waals surface area contributed by atoms with Crippen LogP contribution < -0.4 is 0 Å². The molecule has 1 N–H and O–H groups in total. The molecule has 1 aliphatic rings. The first-order valence-corrected chi connectivity index (χ1v) is 8.21. The molecular weight excluding hydrogens is 306 g/mol. The van der Waals surface area contributed by atoms with E-state index >= 15 is 0 Å². The van der Waals surface area contributed by atoms with Crippen LogP contribution in [-0.2, 0) is 20.7 Å². The molecule has 0 aromatic heterocycles. The third-order valence-electron chi connectivity index (χ3n) is 4.01. The quantitative estimate of drug-likeness (QED) is 0.616. The number of aliphatic imine (C=N–C) groups is 1. The van der Waals surface area contributed by atoms with Gasteiger partial charge in [-0.2, -0.15) is 0 Å². The predicted octanol–water partition coefficient (Wildman–Crippen LogP) is 3.19. The molecule has 1 aromatic rings. The number of esters is 1. The van der Waals surface area contributed by atoms with Gasteiger partial charge in [-0.1, -0.05) is 30.3 Å². The largest absolute Gasteiger partial charge is 0.511 e. The maximum atomic E-state index is 12.2. The highest BCUT2D eigenvalue weighted by atomic mass is 16.5. The smallest absolute Gasteiger partial charge is 0.305 e. The zero-order valence-electron chi connectivity index (χ0n) is 14.0. The number of rotatable bonds is 7. The Morgan fingerprint density at radius 1 is 1.21 bits per heavy atom. The second-order valence-electron chi connectivity index (χ2n) is 5.74. The van der Waals surface area contributed by atoms with E-state index in [9.17, 15) is 14.7 Å². The Labute approximate surface area is 142 Å². The minimum absolute atomic E-state index is 0.0922. The van der Waals surface area contributed by atoms with E-state index in [2.05, 4.69) is 9.73 Å².